The van der Waals surface area contributed by atoms with Crippen LogP contribution >= 0.6 is 0 Å². The van der Waals surface area contributed by atoms with Gasteiger partial charge in [0.25, 0.3) is 0 Å². The quantitative estimate of drug-likeness (QED) is 0.723. The molecule has 8 nitrogen and oxygen atoms in total. The smallest absolute Gasteiger partial charge is 0.328 e. The third-order valence-electron chi connectivity index (χ3n) is 3.16. The summed E-state index contributed by atoms with van der Waals surface area (Å²) in [5.41, 5.74) is 1.55. The summed E-state index contributed by atoms with van der Waals surface area (Å²) in [7, 11) is 1.93. The molecule has 120 valence electrons. The molecule has 0 saturated heterocycles. The fourth-order valence-electron chi connectivity index (χ4n) is 2.18. The van der Waals surface area contributed by atoms with Crippen LogP contribution in [0, 0.1) is 0 Å². The summed E-state index contributed by atoms with van der Waals surface area (Å²) in [5, 5.41) is 8.18. The van der Waals surface area contributed by atoms with E-state index in [1.165, 1.54) is 4.68 Å². The van der Waals surface area contributed by atoms with Crippen LogP contribution in [0.25, 0.3) is 11.0 Å². The van der Waals surface area contributed by atoms with Crippen LogP contribution in [-0.2, 0) is 23.1 Å². The molecular formula is C15H18N6O2. The lowest BCUT2D eigenvalue weighted by atomic mass is 10.4. The van der Waals surface area contributed by atoms with Gasteiger partial charge in [0.2, 0.25) is 5.95 Å². The Morgan fingerprint density at radius 2 is 2.22 bits per heavy atom. The number of carbonyl (C=O) groups excluding carboxylic acids is 1. The Morgan fingerprint density at radius 3 is 3.00 bits per heavy atom. The number of anilines is 2. The van der Waals surface area contributed by atoms with E-state index in [9.17, 15) is 4.79 Å². The maximum absolute atomic E-state index is 11.6. The molecule has 0 amide bonds. The molecule has 0 aliphatic carbocycles. The number of carbonyl (C=O) groups is 1. The first-order valence-electron chi connectivity index (χ1n) is 7.28. The molecule has 3 heterocycles. The first-order chi connectivity index (χ1) is 11.0. The molecule has 0 radical (unpaired) electrons. The van der Waals surface area contributed by atoms with Crippen molar-refractivity contribution < 1.29 is 9.53 Å². The van der Waals surface area contributed by atoms with Crippen molar-refractivity contribution in [3.8, 4) is 0 Å². The number of nitrogens with one attached hydrogen (secondary N) is 1. The largest absolute Gasteiger partial charge is 0.462 e. The Balaban J connectivity index is 1.70. The molecule has 1 N–H and O–H groups in total. The first kappa shape index (κ1) is 15.0. The molecule has 3 rings (SSSR count). The molecule has 0 aromatic carbocycles. The van der Waals surface area contributed by atoms with Crippen molar-refractivity contribution in [3.05, 3.63) is 30.9 Å². The van der Waals surface area contributed by atoms with Crippen molar-refractivity contribution in [2.75, 3.05) is 5.32 Å². The molecule has 8 heteroatoms. The zero-order chi connectivity index (χ0) is 16.4. The standard InChI is InChI=1S/C15H18N6O2/c1-10(2)23-13(22)9-21-8-12(7-17-21)18-15-16-6-11-4-5-20(3)14(11)19-15/h4-8,10H,9H2,1-3H3,(H,16,18,19). The second-order valence-electron chi connectivity index (χ2n) is 5.49. The van der Waals surface area contributed by atoms with E-state index < -0.39 is 0 Å². The minimum absolute atomic E-state index is 0.0670. The molecule has 23 heavy (non-hydrogen) atoms. The zero-order valence-electron chi connectivity index (χ0n) is 13.2. The van der Waals surface area contributed by atoms with Gasteiger partial charge in [-0.1, -0.05) is 0 Å². The average Bonchev–Trinajstić information content (AvgIpc) is 3.06. The number of ether oxygens (including phenoxy) is 1. The Bertz CT molecular complexity index is 835. The fraction of sp³-hybridized carbons (Fsp3) is 0.333. The van der Waals surface area contributed by atoms with Crippen LogP contribution < -0.4 is 5.32 Å². The van der Waals surface area contributed by atoms with Gasteiger partial charge in [-0.05, 0) is 19.9 Å². The van der Waals surface area contributed by atoms with Gasteiger partial charge in [-0.25, -0.2) is 4.98 Å². The van der Waals surface area contributed by atoms with Gasteiger partial charge in [0.05, 0.1) is 18.0 Å². The van der Waals surface area contributed by atoms with Crippen LogP contribution in [0.5, 0.6) is 0 Å². The number of hydrogen-bond acceptors (Lipinski definition) is 6. The van der Waals surface area contributed by atoms with E-state index in [1.54, 1.807) is 18.6 Å². The van der Waals surface area contributed by atoms with Crippen molar-refractivity contribution in [1.82, 2.24) is 24.3 Å². The number of hydrogen-bond donors (Lipinski definition) is 1. The van der Waals surface area contributed by atoms with E-state index in [4.69, 9.17) is 4.74 Å². The highest BCUT2D eigenvalue weighted by Gasteiger charge is 2.09. The minimum Gasteiger partial charge on any atom is -0.462 e. The minimum atomic E-state index is -0.323. The summed E-state index contributed by atoms with van der Waals surface area (Å²) in [6.45, 7) is 3.69. The van der Waals surface area contributed by atoms with Crippen LogP contribution in [0.3, 0.4) is 0 Å². The summed E-state index contributed by atoms with van der Waals surface area (Å²) < 4.78 is 8.52. The van der Waals surface area contributed by atoms with E-state index >= 15 is 0 Å². The Hall–Kier alpha value is -2.90. The summed E-state index contributed by atoms with van der Waals surface area (Å²) in [6.07, 6.45) is 6.87. The van der Waals surface area contributed by atoms with E-state index in [0.717, 1.165) is 11.0 Å². The van der Waals surface area contributed by atoms with Crippen LogP contribution in [0.4, 0.5) is 11.6 Å². The average molecular weight is 314 g/mol. The van der Waals surface area contributed by atoms with Crippen LogP contribution in [0.15, 0.2) is 30.9 Å². The molecular weight excluding hydrogens is 296 g/mol. The zero-order valence-corrected chi connectivity index (χ0v) is 13.2. The Morgan fingerprint density at radius 1 is 1.39 bits per heavy atom. The number of fused-ring (bicyclic) bond motifs is 1. The van der Waals surface area contributed by atoms with Gasteiger partial charge in [0.1, 0.15) is 12.2 Å². The van der Waals surface area contributed by atoms with E-state index in [1.807, 2.05) is 37.7 Å². The normalized spacial score (nSPS) is 11.1. The van der Waals surface area contributed by atoms with Crippen LogP contribution in [-0.4, -0.2) is 36.4 Å². The number of nitrogens with zero attached hydrogens (tertiary/aromatic N) is 5. The molecule has 0 saturated carbocycles. The third-order valence-corrected chi connectivity index (χ3v) is 3.16. The molecule has 0 aliphatic heterocycles. The topological polar surface area (TPSA) is 86.9 Å². The van der Waals surface area contributed by atoms with E-state index in [0.29, 0.717) is 11.6 Å². The lowest BCUT2D eigenvalue weighted by Crippen LogP contribution is -2.17. The second-order valence-corrected chi connectivity index (χ2v) is 5.49. The summed E-state index contributed by atoms with van der Waals surface area (Å²) >= 11 is 0. The number of esters is 1. The van der Waals surface area contributed by atoms with Crippen molar-refractivity contribution in [1.29, 1.82) is 0 Å². The van der Waals surface area contributed by atoms with Crippen LogP contribution in [0.1, 0.15) is 13.8 Å². The van der Waals surface area contributed by atoms with Gasteiger partial charge >= 0.3 is 5.97 Å². The molecule has 0 spiro atoms. The van der Waals surface area contributed by atoms with E-state index in [-0.39, 0.29) is 18.6 Å². The van der Waals surface area contributed by atoms with Gasteiger partial charge in [0, 0.05) is 31.0 Å². The molecule has 3 aromatic rings. The third kappa shape index (κ3) is 3.47. The Labute approximate surface area is 133 Å². The van der Waals surface area contributed by atoms with Gasteiger partial charge in [0.15, 0.2) is 0 Å². The SMILES string of the molecule is CC(C)OC(=O)Cn1cc(Nc2ncc3ccn(C)c3n2)cn1. The maximum atomic E-state index is 11.6. The summed E-state index contributed by atoms with van der Waals surface area (Å²) in [4.78, 5) is 20.3. The number of rotatable bonds is 5. The van der Waals surface area contributed by atoms with Crippen molar-refractivity contribution in [2.45, 2.75) is 26.5 Å². The molecule has 0 unspecified atom stereocenters. The predicted octanol–water partition coefficient (Wildman–Crippen LogP) is 1.86. The number of aromatic nitrogens is 5. The van der Waals surface area contributed by atoms with Gasteiger partial charge in [-0.3, -0.25) is 9.48 Å². The molecule has 3 aromatic heterocycles. The highest BCUT2D eigenvalue weighted by atomic mass is 16.5. The van der Waals surface area contributed by atoms with Gasteiger partial charge < -0.3 is 14.6 Å². The van der Waals surface area contributed by atoms with Crippen molar-refractivity contribution in [2.24, 2.45) is 7.05 Å². The van der Waals surface area contributed by atoms with Crippen molar-refractivity contribution >= 4 is 28.6 Å². The van der Waals surface area contributed by atoms with Crippen LogP contribution in [0.2, 0.25) is 0 Å². The first-order valence-corrected chi connectivity index (χ1v) is 7.28. The monoisotopic (exact) mass is 314 g/mol. The molecule has 0 fully saturated rings. The number of aryl methyl sites for hydroxylation is 1. The van der Waals surface area contributed by atoms with E-state index in [2.05, 4.69) is 20.4 Å². The van der Waals surface area contributed by atoms with Gasteiger partial charge in [-0.2, -0.15) is 10.1 Å². The maximum Gasteiger partial charge on any atom is 0.328 e. The lowest BCUT2D eigenvalue weighted by molar-refractivity contribution is -0.148. The molecule has 0 bridgehead atoms. The van der Waals surface area contributed by atoms with Gasteiger partial charge in [-0.15, -0.1) is 0 Å². The lowest BCUT2D eigenvalue weighted by Gasteiger charge is -2.07. The Kier molecular flexibility index (Phi) is 3.96. The second kappa shape index (κ2) is 6.07. The van der Waals surface area contributed by atoms with Crippen molar-refractivity contribution in [3.63, 3.8) is 0 Å². The summed E-state index contributed by atoms with van der Waals surface area (Å²) in [6, 6.07) is 1.96. The highest BCUT2D eigenvalue weighted by Crippen LogP contribution is 2.16. The molecule has 0 atom stereocenters. The highest BCUT2D eigenvalue weighted by molar-refractivity contribution is 5.76. The summed E-state index contributed by atoms with van der Waals surface area (Å²) in [5.74, 6) is 0.153. The fourth-order valence-corrected chi connectivity index (χ4v) is 2.18. The predicted molar refractivity (Wildman–Crippen MR) is 85.2 cm³/mol. The molecule has 0 aliphatic rings.